The van der Waals surface area contributed by atoms with Crippen molar-refractivity contribution in [2.75, 3.05) is 32.8 Å². The molecule has 0 aliphatic heterocycles. The van der Waals surface area contributed by atoms with Gasteiger partial charge in [0.25, 0.3) is 5.91 Å². The molecule has 12 nitrogen and oxygen atoms in total. The summed E-state index contributed by atoms with van der Waals surface area (Å²) in [6.07, 6.45) is 3.27. The monoisotopic (exact) mass is 762 g/mol. The van der Waals surface area contributed by atoms with Crippen molar-refractivity contribution in [1.82, 2.24) is 24.8 Å². The number of carbonyl (C=O) groups is 2. The fourth-order valence-electron chi connectivity index (χ4n) is 6.56. The van der Waals surface area contributed by atoms with Crippen LogP contribution in [0.3, 0.4) is 0 Å². The van der Waals surface area contributed by atoms with Gasteiger partial charge in [-0.1, -0.05) is 97.1 Å². The van der Waals surface area contributed by atoms with Crippen LogP contribution in [0.2, 0.25) is 0 Å². The first-order valence-electron chi connectivity index (χ1n) is 18.4. The number of fused-ring (bicyclic) bond motifs is 1. The molecule has 0 spiro atoms. The first-order valence-corrected chi connectivity index (χ1v) is 18.4. The molecule has 288 valence electrons. The lowest BCUT2D eigenvalue weighted by atomic mass is 9.80. The second kappa shape index (κ2) is 18.2. The van der Waals surface area contributed by atoms with Gasteiger partial charge in [-0.25, -0.2) is 15.0 Å². The van der Waals surface area contributed by atoms with Gasteiger partial charge in [0.15, 0.2) is 17.0 Å². The second-order valence-corrected chi connectivity index (χ2v) is 13.1. The van der Waals surface area contributed by atoms with Crippen molar-refractivity contribution >= 4 is 28.8 Å². The van der Waals surface area contributed by atoms with Gasteiger partial charge in [0, 0.05) is 12.1 Å². The largest absolute Gasteiger partial charge is 0.497 e. The van der Waals surface area contributed by atoms with Crippen LogP contribution in [0.5, 0.6) is 11.5 Å². The van der Waals surface area contributed by atoms with Crippen LogP contribution < -0.4 is 20.1 Å². The Kier molecular flexibility index (Phi) is 12.2. The van der Waals surface area contributed by atoms with E-state index in [2.05, 4.69) is 25.6 Å². The third-order valence-electron chi connectivity index (χ3n) is 9.50. The number of aromatic nitrogens is 4. The van der Waals surface area contributed by atoms with Crippen molar-refractivity contribution in [2.45, 2.75) is 25.3 Å². The summed E-state index contributed by atoms with van der Waals surface area (Å²) < 4.78 is 25.6. The predicted molar refractivity (Wildman–Crippen MR) is 216 cm³/mol. The summed E-state index contributed by atoms with van der Waals surface area (Å²) >= 11 is 0. The lowest BCUT2D eigenvalue weighted by Gasteiger charge is -2.36. The van der Waals surface area contributed by atoms with E-state index in [1.807, 2.05) is 109 Å². The van der Waals surface area contributed by atoms with Crippen LogP contribution in [-0.4, -0.2) is 58.8 Å². The van der Waals surface area contributed by atoms with E-state index in [-0.39, 0.29) is 37.6 Å². The Hall–Kier alpha value is -6.89. The molecule has 0 saturated carbocycles. The van der Waals surface area contributed by atoms with Crippen molar-refractivity contribution in [3.05, 3.63) is 179 Å². The third-order valence-corrected chi connectivity index (χ3v) is 9.50. The smallest absolute Gasteiger partial charge is 0.256 e. The SMILES string of the molecule is COc1ccc(C(OCCOCn2cnc3c(NC(=O)c4ccc(CNC(=O)Cc5ccccc5)cc4)ncnc32)(c2ccccc2)c2ccc(OC)cc2)cc1. The minimum atomic E-state index is -0.968. The average Bonchev–Trinajstić information content (AvgIpc) is 3.69. The molecule has 0 fully saturated rings. The Morgan fingerprint density at radius 2 is 1.28 bits per heavy atom. The number of ether oxygens (including phenoxy) is 4. The Morgan fingerprint density at radius 1 is 0.667 bits per heavy atom. The van der Waals surface area contributed by atoms with Crippen molar-refractivity contribution in [2.24, 2.45) is 0 Å². The molecular weight excluding hydrogens is 721 g/mol. The van der Waals surface area contributed by atoms with Crippen LogP contribution in [-0.2, 0) is 39.6 Å². The highest BCUT2D eigenvalue weighted by Crippen LogP contribution is 2.41. The number of imidazole rings is 1. The highest BCUT2D eigenvalue weighted by Gasteiger charge is 2.37. The summed E-state index contributed by atoms with van der Waals surface area (Å²) in [5.41, 5.74) is 4.99. The number of amides is 2. The van der Waals surface area contributed by atoms with Gasteiger partial charge < -0.3 is 29.6 Å². The van der Waals surface area contributed by atoms with E-state index in [9.17, 15) is 9.59 Å². The minimum absolute atomic E-state index is 0.0755. The number of hydrogen-bond donors (Lipinski definition) is 2. The summed E-state index contributed by atoms with van der Waals surface area (Å²) in [5, 5.41) is 5.78. The molecule has 0 saturated heterocycles. The summed E-state index contributed by atoms with van der Waals surface area (Å²) in [6, 6.07) is 42.4. The van der Waals surface area contributed by atoms with Crippen molar-refractivity contribution < 1.29 is 28.5 Å². The zero-order valence-corrected chi connectivity index (χ0v) is 31.6. The molecule has 7 rings (SSSR count). The Labute approximate surface area is 330 Å². The number of nitrogens with one attached hydrogen (secondary N) is 2. The summed E-state index contributed by atoms with van der Waals surface area (Å²) in [4.78, 5) is 38.8. The fraction of sp³-hybridized carbons (Fsp3) is 0.178. The maximum Gasteiger partial charge on any atom is 0.256 e. The molecule has 0 bridgehead atoms. The molecule has 2 aromatic heterocycles. The minimum Gasteiger partial charge on any atom is -0.497 e. The number of methoxy groups -OCH3 is 2. The van der Waals surface area contributed by atoms with Gasteiger partial charge >= 0.3 is 0 Å². The number of nitrogens with zero attached hydrogens (tertiary/aromatic N) is 4. The molecule has 5 aromatic carbocycles. The lowest BCUT2D eigenvalue weighted by molar-refractivity contribution is -0.120. The number of carbonyl (C=O) groups excluding carboxylic acids is 2. The molecule has 2 heterocycles. The summed E-state index contributed by atoms with van der Waals surface area (Å²) in [5.74, 6) is 1.33. The molecule has 0 aliphatic rings. The standard InChI is InChI=1S/C45H42N6O6/c1-54-38-21-17-36(18-22-38)45(35-11-7-4-8-12-35,37-19-23-39(55-2)24-20-37)57-26-25-56-31-51-30-49-41-42(47-29-48-43(41)51)50-44(53)34-15-13-33(14-16-34)28-46-40(52)27-32-9-5-3-6-10-32/h3-24,29-30H,25-28,31H2,1-2H3,(H,46,52)(H,47,48,50,53). The van der Waals surface area contributed by atoms with E-state index < -0.39 is 5.60 Å². The summed E-state index contributed by atoms with van der Waals surface area (Å²) in [6.45, 7) is 0.985. The Bertz CT molecular complexity index is 2340. The van der Waals surface area contributed by atoms with Gasteiger partial charge in [-0.3, -0.25) is 14.2 Å². The highest BCUT2D eigenvalue weighted by molar-refractivity contribution is 6.06. The highest BCUT2D eigenvalue weighted by atomic mass is 16.5. The van der Waals surface area contributed by atoms with Crippen LogP contribution in [0, 0.1) is 0 Å². The van der Waals surface area contributed by atoms with E-state index in [1.54, 1.807) is 49.4 Å². The van der Waals surface area contributed by atoms with Crippen LogP contribution >= 0.6 is 0 Å². The van der Waals surface area contributed by atoms with E-state index in [0.29, 0.717) is 29.7 Å². The van der Waals surface area contributed by atoms with Crippen molar-refractivity contribution in [3.63, 3.8) is 0 Å². The van der Waals surface area contributed by atoms with Gasteiger partial charge in [-0.15, -0.1) is 0 Å². The molecule has 2 N–H and O–H groups in total. The van der Waals surface area contributed by atoms with E-state index >= 15 is 0 Å². The van der Waals surface area contributed by atoms with Gasteiger partial charge in [-0.2, -0.15) is 0 Å². The number of hydrogen-bond acceptors (Lipinski definition) is 9. The van der Waals surface area contributed by atoms with Crippen molar-refractivity contribution in [3.8, 4) is 11.5 Å². The topological polar surface area (TPSA) is 139 Å². The van der Waals surface area contributed by atoms with Gasteiger partial charge in [0.2, 0.25) is 5.91 Å². The zero-order valence-electron chi connectivity index (χ0n) is 31.6. The lowest BCUT2D eigenvalue weighted by Crippen LogP contribution is -2.34. The maximum atomic E-state index is 13.2. The molecule has 12 heteroatoms. The molecular formula is C45H42N6O6. The predicted octanol–water partition coefficient (Wildman–Crippen LogP) is 6.94. The van der Waals surface area contributed by atoms with Crippen molar-refractivity contribution in [1.29, 1.82) is 0 Å². The molecule has 2 amide bonds. The van der Waals surface area contributed by atoms with Gasteiger partial charge in [-0.05, 0) is 64.2 Å². The first-order chi connectivity index (χ1) is 28.0. The van der Waals surface area contributed by atoms with Gasteiger partial charge in [0.05, 0.1) is 40.2 Å². The molecule has 0 unspecified atom stereocenters. The van der Waals surface area contributed by atoms with E-state index in [4.69, 9.17) is 18.9 Å². The third kappa shape index (κ3) is 8.99. The molecule has 0 radical (unpaired) electrons. The Morgan fingerprint density at radius 3 is 1.91 bits per heavy atom. The number of benzene rings is 5. The van der Waals surface area contributed by atoms with Crippen LogP contribution in [0.25, 0.3) is 11.2 Å². The van der Waals surface area contributed by atoms with Crippen LogP contribution in [0.1, 0.15) is 38.2 Å². The van der Waals surface area contributed by atoms with E-state index in [0.717, 1.165) is 39.3 Å². The molecule has 0 aliphatic carbocycles. The molecule has 0 atom stereocenters. The number of rotatable bonds is 17. The normalized spacial score (nSPS) is 11.3. The quantitative estimate of drug-likeness (QED) is 0.0747. The molecule has 57 heavy (non-hydrogen) atoms. The van der Waals surface area contributed by atoms with E-state index in [1.165, 1.54) is 6.33 Å². The maximum absolute atomic E-state index is 13.2. The number of anilines is 1. The zero-order chi connectivity index (χ0) is 39.5. The second-order valence-electron chi connectivity index (χ2n) is 13.1. The first kappa shape index (κ1) is 38.4. The van der Waals surface area contributed by atoms with Crippen LogP contribution in [0.15, 0.2) is 146 Å². The van der Waals surface area contributed by atoms with Crippen LogP contribution in [0.4, 0.5) is 5.82 Å². The Balaban J connectivity index is 0.989. The summed E-state index contributed by atoms with van der Waals surface area (Å²) in [7, 11) is 3.28. The average molecular weight is 763 g/mol. The fourth-order valence-corrected chi connectivity index (χ4v) is 6.56. The molecule has 7 aromatic rings. The van der Waals surface area contributed by atoms with Gasteiger partial charge in [0.1, 0.15) is 30.2 Å².